The molecule has 1 fully saturated rings. The predicted molar refractivity (Wildman–Crippen MR) is 90.2 cm³/mol. The standard InChI is InChI=1S/C16H17Cl2N3O2/c1-19-5-7-21(8-6-19)14-13(15(22)20(2)16(14)23)11-4-3-10(17)9-12(11)18/h3-4,9H,5-8H2,1-2H3. The number of nitrogens with zero attached hydrogens (tertiary/aromatic N) is 3. The van der Waals surface area contributed by atoms with E-state index in [1.54, 1.807) is 18.2 Å². The summed E-state index contributed by atoms with van der Waals surface area (Å²) in [5, 5.41) is 0.862. The molecular weight excluding hydrogens is 337 g/mol. The van der Waals surface area contributed by atoms with Crippen LogP contribution in [-0.2, 0) is 9.59 Å². The first kappa shape index (κ1) is 16.3. The third-order valence-corrected chi connectivity index (χ3v) is 4.83. The predicted octanol–water partition coefficient (Wildman–Crippen LogP) is 1.95. The number of amides is 2. The number of imide groups is 1. The second-order valence-corrected chi connectivity index (χ2v) is 6.65. The third-order valence-electron chi connectivity index (χ3n) is 4.28. The highest BCUT2D eigenvalue weighted by Gasteiger charge is 2.40. The zero-order valence-electron chi connectivity index (χ0n) is 13.0. The maximum atomic E-state index is 12.6. The molecule has 0 atom stereocenters. The number of hydrogen-bond acceptors (Lipinski definition) is 4. The molecule has 0 aliphatic carbocycles. The highest BCUT2D eigenvalue weighted by atomic mass is 35.5. The summed E-state index contributed by atoms with van der Waals surface area (Å²) in [5.74, 6) is -0.603. The molecule has 122 valence electrons. The van der Waals surface area contributed by atoms with E-state index in [2.05, 4.69) is 4.90 Å². The first-order valence-corrected chi connectivity index (χ1v) is 8.11. The van der Waals surface area contributed by atoms with E-state index >= 15 is 0 Å². The van der Waals surface area contributed by atoms with Crippen LogP contribution in [0.3, 0.4) is 0 Å². The molecule has 7 heteroatoms. The van der Waals surface area contributed by atoms with Crippen molar-refractivity contribution in [2.24, 2.45) is 0 Å². The summed E-state index contributed by atoms with van der Waals surface area (Å²) in [7, 11) is 3.54. The Morgan fingerprint density at radius 3 is 2.22 bits per heavy atom. The minimum absolute atomic E-state index is 0.277. The normalized spacial score (nSPS) is 20.0. The van der Waals surface area contributed by atoms with E-state index in [0.29, 0.717) is 40.0 Å². The van der Waals surface area contributed by atoms with Crippen molar-refractivity contribution in [2.45, 2.75) is 0 Å². The van der Waals surface area contributed by atoms with Crippen molar-refractivity contribution in [1.82, 2.24) is 14.7 Å². The van der Waals surface area contributed by atoms with E-state index in [4.69, 9.17) is 23.2 Å². The van der Waals surface area contributed by atoms with Gasteiger partial charge in [0.25, 0.3) is 11.8 Å². The molecule has 1 aromatic rings. The van der Waals surface area contributed by atoms with Crippen molar-refractivity contribution < 1.29 is 9.59 Å². The Kier molecular flexibility index (Phi) is 4.36. The molecule has 2 aliphatic rings. The molecule has 2 aliphatic heterocycles. The number of benzene rings is 1. The van der Waals surface area contributed by atoms with Crippen LogP contribution in [-0.4, -0.2) is 66.8 Å². The molecule has 2 amide bonds. The van der Waals surface area contributed by atoms with E-state index in [0.717, 1.165) is 18.0 Å². The second kappa shape index (κ2) is 6.15. The van der Waals surface area contributed by atoms with Gasteiger partial charge in [0, 0.05) is 43.8 Å². The van der Waals surface area contributed by atoms with Crippen LogP contribution in [0.4, 0.5) is 0 Å². The van der Waals surface area contributed by atoms with Crippen LogP contribution in [0.15, 0.2) is 23.9 Å². The minimum Gasteiger partial charge on any atom is -0.364 e. The fourth-order valence-corrected chi connectivity index (χ4v) is 3.39. The number of rotatable bonds is 2. The van der Waals surface area contributed by atoms with Gasteiger partial charge < -0.3 is 9.80 Å². The van der Waals surface area contributed by atoms with Crippen molar-refractivity contribution in [3.05, 3.63) is 39.5 Å². The minimum atomic E-state index is -0.326. The van der Waals surface area contributed by atoms with Crippen molar-refractivity contribution in [3.8, 4) is 0 Å². The van der Waals surface area contributed by atoms with Gasteiger partial charge in [0.1, 0.15) is 5.70 Å². The Bertz CT molecular complexity index is 709. The summed E-state index contributed by atoms with van der Waals surface area (Å²) in [6.45, 7) is 3.09. The zero-order chi connectivity index (χ0) is 16.7. The van der Waals surface area contributed by atoms with E-state index in [1.165, 1.54) is 7.05 Å². The number of halogens is 2. The summed E-state index contributed by atoms with van der Waals surface area (Å²) in [4.78, 5) is 30.5. The van der Waals surface area contributed by atoms with Gasteiger partial charge in [0.15, 0.2) is 0 Å². The number of likely N-dealkylation sites (N-methyl/N-ethyl adjacent to an activating group) is 2. The van der Waals surface area contributed by atoms with Crippen LogP contribution < -0.4 is 0 Å². The van der Waals surface area contributed by atoms with Crippen LogP contribution in [0.5, 0.6) is 0 Å². The highest BCUT2D eigenvalue weighted by Crippen LogP contribution is 2.35. The van der Waals surface area contributed by atoms with E-state index in [9.17, 15) is 9.59 Å². The molecule has 0 N–H and O–H groups in total. The Morgan fingerprint density at radius 2 is 1.61 bits per heavy atom. The van der Waals surface area contributed by atoms with Crippen LogP contribution in [0.1, 0.15) is 5.56 Å². The van der Waals surface area contributed by atoms with Gasteiger partial charge in [0.05, 0.1) is 10.6 Å². The van der Waals surface area contributed by atoms with Gasteiger partial charge in [-0.2, -0.15) is 0 Å². The zero-order valence-corrected chi connectivity index (χ0v) is 14.5. The number of carbonyl (C=O) groups excluding carboxylic acids is 2. The Balaban J connectivity index is 2.10. The molecule has 0 bridgehead atoms. The molecule has 23 heavy (non-hydrogen) atoms. The highest BCUT2D eigenvalue weighted by molar-refractivity contribution is 6.41. The van der Waals surface area contributed by atoms with Gasteiger partial charge in [-0.1, -0.05) is 29.3 Å². The van der Waals surface area contributed by atoms with Crippen LogP contribution in [0, 0.1) is 0 Å². The first-order chi connectivity index (χ1) is 10.9. The largest absolute Gasteiger partial charge is 0.364 e. The monoisotopic (exact) mass is 353 g/mol. The SMILES string of the molecule is CN1CCN(C2=C(c3ccc(Cl)cc3Cl)C(=O)N(C)C2=O)CC1. The number of hydrogen-bond donors (Lipinski definition) is 0. The quantitative estimate of drug-likeness (QED) is 0.762. The molecule has 2 heterocycles. The van der Waals surface area contributed by atoms with Gasteiger partial charge in [-0.25, -0.2) is 0 Å². The molecule has 0 unspecified atom stereocenters. The molecule has 1 aromatic carbocycles. The van der Waals surface area contributed by atoms with Crippen LogP contribution in [0.25, 0.3) is 5.57 Å². The molecule has 0 spiro atoms. The lowest BCUT2D eigenvalue weighted by atomic mass is 10.0. The van der Waals surface area contributed by atoms with Crippen molar-refractivity contribution in [1.29, 1.82) is 0 Å². The third kappa shape index (κ3) is 2.84. The lowest BCUT2D eigenvalue weighted by Crippen LogP contribution is -2.45. The van der Waals surface area contributed by atoms with Crippen molar-refractivity contribution >= 4 is 40.6 Å². The smallest absolute Gasteiger partial charge is 0.277 e. The van der Waals surface area contributed by atoms with Gasteiger partial charge in [-0.15, -0.1) is 0 Å². The summed E-state index contributed by atoms with van der Waals surface area (Å²) in [6, 6.07) is 4.96. The molecular formula is C16H17Cl2N3O2. The average molecular weight is 354 g/mol. The van der Waals surface area contributed by atoms with Crippen LogP contribution >= 0.6 is 23.2 Å². The van der Waals surface area contributed by atoms with Crippen molar-refractivity contribution in [3.63, 3.8) is 0 Å². The fourth-order valence-electron chi connectivity index (χ4n) is 2.89. The Labute approximate surface area is 145 Å². The topological polar surface area (TPSA) is 43.9 Å². The van der Waals surface area contributed by atoms with Gasteiger partial charge in [0.2, 0.25) is 0 Å². The summed E-state index contributed by atoms with van der Waals surface area (Å²) < 4.78 is 0. The molecule has 0 aromatic heterocycles. The van der Waals surface area contributed by atoms with Crippen LogP contribution in [0.2, 0.25) is 10.0 Å². The van der Waals surface area contributed by atoms with E-state index in [1.807, 2.05) is 11.9 Å². The molecule has 5 nitrogen and oxygen atoms in total. The Morgan fingerprint density at radius 1 is 0.957 bits per heavy atom. The van der Waals surface area contributed by atoms with Gasteiger partial charge >= 0.3 is 0 Å². The summed E-state index contributed by atoms with van der Waals surface area (Å²) in [6.07, 6.45) is 0. The molecule has 0 radical (unpaired) electrons. The average Bonchev–Trinajstić information content (AvgIpc) is 2.73. The lowest BCUT2D eigenvalue weighted by Gasteiger charge is -2.34. The molecule has 1 saturated heterocycles. The second-order valence-electron chi connectivity index (χ2n) is 5.81. The summed E-state index contributed by atoms with van der Waals surface area (Å²) in [5.41, 5.74) is 1.35. The number of carbonyl (C=O) groups is 2. The van der Waals surface area contributed by atoms with Gasteiger partial charge in [-0.3, -0.25) is 14.5 Å². The number of piperazine rings is 1. The lowest BCUT2D eigenvalue weighted by molar-refractivity contribution is -0.136. The summed E-state index contributed by atoms with van der Waals surface area (Å²) >= 11 is 12.2. The van der Waals surface area contributed by atoms with E-state index in [-0.39, 0.29) is 11.8 Å². The maximum Gasteiger partial charge on any atom is 0.277 e. The van der Waals surface area contributed by atoms with Gasteiger partial charge in [-0.05, 0) is 19.2 Å². The molecule has 3 rings (SSSR count). The maximum absolute atomic E-state index is 12.6. The first-order valence-electron chi connectivity index (χ1n) is 7.35. The Hall–Kier alpha value is -1.56. The van der Waals surface area contributed by atoms with Crippen molar-refractivity contribution in [2.75, 3.05) is 40.3 Å². The molecule has 0 saturated carbocycles. The van der Waals surface area contributed by atoms with E-state index < -0.39 is 0 Å². The fraction of sp³-hybridized carbons (Fsp3) is 0.375.